The van der Waals surface area contributed by atoms with E-state index in [-0.39, 0.29) is 11.4 Å². The minimum Gasteiger partial charge on any atom is -0.345 e. The molecule has 2 aromatic rings. The van der Waals surface area contributed by atoms with Gasteiger partial charge in [-0.05, 0) is 18.2 Å². The number of carbonyl (C=O) groups excluding carboxylic acids is 1. The zero-order valence-electron chi connectivity index (χ0n) is 10.3. The number of halogens is 2. The van der Waals surface area contributed by atoms with Gasteiger partial charge in [-0.25, -0.2) is 0 Å². The van der Waals surface area contributed by atoms with Gasteiger partial charge in [0.15, 0.2) is 0 Å². The Morgan fingerprint density at radius 3 is 2.55 bits per heavy atom. The Labute approximate surface area is 120 Å². The summed E-state index contributed by atoms with van der Waals surface area (Å²) in [4.78, 5) is 11.4. The molecule has 1 N–H and O–H groups in total. The van der Waals surface area contributed by atoms with Gasteiger partial charge in [-0.15, -0.1) is 3.89 Å². The van der Waals surface area contributed by atoms with Crippen LogP contribution in [0.4, 0.5) is 9.57 Å². The SMILES string of the molecule is Cn1cc(Cl)cc1C(=O)Nc1ccccc1S(=O)(=O)F. The van der Waals surface area contributed by atoms with Gasteiger partial charge in [-0.1, -0.05) is 23.7 Å². The second-order valence-corrected chi connectivity index (χ2v) is 5.79. The first-order valence-electron chi connectivity index (χ1n) is 5.46. The standard InChI is InChI=1S/C12H10ClFN2O3S/c1-16-7-8(13)6-10(16)12(17)15-9-4-2-3-5-11(9)20(14,18)19/h2-7H,1H3,(H,15,17). The molecule has 2 rings (SSSR count). The fourth-order valence-electron chi connectivity index (χ4n) is 1.72. The summed E-state index contributed by atoms with van der Waals surface area (Å²) in [7, 11) is -3.30. The van der Waals surface area contributed by atoms with Gasteiger partial charge in [-0.2, -0.15) is 8.42 Å². The van der Waals surface area contributed by atoms with Crippen molar-refractivity contribution in [1.29, 1.82) is 0 Å². The normalized spacial score (nSPS) is 11.3. The third kappa shape index (κ3) is 3.00. The Morgan fingerprint density at radius 2 is 2.00 bits per heavy atom. The van der Waals surface area contributed by atoms with Crippen LogP contribution in [-0.4, -0.2) is 18.9 Å². The van der Waals surface area contributed by atoms with Crippen LogP contribution in [0.25, 0.3) is 0 Å². The molecule has 1 aromatic heterocycles. The largest absolute Gasteiger partial charge is 0.345 e. The average Bonchev–Trinajstić information content (AvgIpc) is 2.68. The molecular weight excluding hydrogens is 307 g/mol. The number of para-hydroxylation sites is 1. The van der Waals surface area contributed by atoms with Crippen LogP contribution in [0, 0.1) is 0 Å². The highest BCUT2D eigenvalue weighted by atomic mass is 35.5. The fraction of sp³-hybridized carbons (Fsp3) is 0.0833. The molecule has 0 fully saturated rings. The van der Waals surface area contributed by atoms with Gasteiger partial charge in [0.2, 0.25) is 0 Å². The van der Waals surface area contributed by atoms with Crippen LogP contribution in [0.2, 0.25) is 5.02 Å². The molecule has 0 unspecified atom stereocenters. The maximum Gasteiger partial charge on any atom is 0.334 e. The van der Waals surface area contributed by atoms with E-state index in [0.29, 0.717) is 5.02 Å². The minimum absolute atomic E-state index is 0.127. The quantitative estimate of drug-likeness (QED) is 0.885. The number of hydrogen-bond donors (Lipinski definition) is 1. The van der Waals surface area contributed by atoms with E-state index in [1.807, 2.05) is 0 Å². The summed E-state index contributed by atoms with van der Waals surface area (Å²) in [5, 5.41) is 2.71. The van der Waals surface area contributed by atoms with Crippen molar-refractivity contribution in [3.63, 3.8) is 0 Å². The van der Waals surface area contributed by atoms with Crippen molar-refractivity contribution >= 4 is 33.4 Å². The van der Waals surface area contributed by atoms with Crippen molar-refractivity contribution in [3.8, 4) is 0 Å². The minimum atomic E-state index is -4.91. The number of anilines is 1. The Hall–Kier alpha value is -1.86. The number of nitrogens with one attached hydrogen (secondary N) is 1. The number of aryl methyl sites for hydroxylation is 1. The van der Waals surface area contributed by atoms with Crippen LogP contribution >= 0.6 is 11.6 Å². The van der Waals surface area contributed by atoms with Crippen LogP contribution < -0.4 is 5.32 Å². The highest BCUT2D eigenvalue weighted by molar-refractivity contribution is 7.86. The number of aromatic nitrogens is 1. The maximum absolute atomic E-state index is 13.1. The summed E-state index contributed by atoms with van der Waals surface area (Å²) in [6.45, 7) is 0. The molecule has 0 aliphatic heterocycles. The second-order valence-electron chi connectivity index (χ2n) is 4.04. The molecule has 0 radical (unpaired) electrons. The van der Waals surface area contributed by atoms with Gasteiger partial charge >= 0.3 is 10.2 Å². The monoisotopic (exact) mass is 316 g/mol. The summed E-state index contributed by atoms with van der Waals surface area (Å²) < 4.78 is 36.6. The highest BCUT2D eigenvalue weighted by Crippen LogP contribution is 2.23. The topological polar surface area (TPSA) is 68.2 Å². The van der Waals surface area contributed by atoms with E-state index in [1.165, 1.54) is 35.0 Å². The summed E-state index contributed by atoms with van der Waals surface area (Å²) in [6.07, 6.45) is 1.52. The Morgan fingerprint density at radius 1 is 1.35 bits per heavy atom. The molecular formula is C12H10ClFN2O3S. The molecule has 1 heterocycles. The lowest BCUT2D eigenvalue weighted by atomic mass is 10.3. The predicted molar refractivity (Wildman–Crippen MR) is 73.1 cm³/mol. The zero-order valence-corrected chi connectivity index (χ0v) is 11.9. The molecule has 0 saturated heterocycles. The summed E-state index contributed by atoms with van der Waals surface area (Å²) in [5.74, 6) is -0.588. The first-order valence-corrected chi connectivity index (χ1v) is 7.22. The summed E-state index contributed by atoms with van der Waals surface area (Å²) in [5.41, 5.74) is 0.0957. The van der Waals surface area contributed by atoms with Crippen LogP contribution in [-0.2, 0) is 17.3 Å². The molecule has 0 atom stereocenters. The number of benzene rings is 1. The van der Waals surface area contributed by atoms with Crippen molar-refractivity contribution in [1.82, 2.24) is 4.57 Å². The van der Waals surface area contributed by atoms with Crippen molar-refractivity contribution in [2.45, 2.75) is 4.90 Å². The lowest BCUT2D eigenvalue weighted by Crippen LogP contribution is -2.16. The number of amides is 1. The average molecular weight is 317 g/mol. The van der Waals surface area contributed by atoms with Crippen LogP contribution in [0.5, 0.6) is 0 Å². The van der Waals surface area contributed by atoms with E-state index in [1.54, 1.807) is 7.05 Å². The third-order valence-corrected chi connectivity index (χ3v) is 3.69. The molecule has 5 nitrogen and oxygen atoms in total. The lowest BCUT2D eigenvalue weighted by molar-refractivity contribution is 0.101. The molecule has 106 valence electrons. The number of hydrogen-bond acceptors (Lipinski definition) is 3. The first-order chi connectivity index (χ1) is 9.29. The van der Waals surface area contributed by atoms with Crippen LogP contribution in [0.15, 0.2) is 41.4 Å². The van der Waals surface area contributed by atoms with Crippen molar-refractivity contribution < 1.29 is 17.1 Å². The molecule has 0 bridgehead atoms. The van der Waals surface area contributed by atoms with Gasteiger partial charge in [0.1, 0.15) is 10.6 Å². The van der Waals surface area contributed by atoms with E-state index < -0.39 is 21.0 Å². The first kappa shape index (κ1) is 14.5. The van der Waals surface area contributed by atoms with E-state index >= 15 is 0 Å². The van der Waals surface area contributed by atoms with Gasteiger partial charge in [0.05, 0.1) is 10.7 Å². The zero-order chi connectivity index (χ0) is 14.9. The molecule has 1 aromatic carbocycles. The number of nitrogens with zero attached hydrogens (tertiary/aromatic N) is 1. The van der Waals surface area contributed by atoms with E-state index in [2.05, 4.69) is 5.32 Å². The van der Waals surface area contributed by atoms with Crippen molar-refractivity contribution in [2.24, 2.45) is 7.05 Å². The molecule has 0 aliphatic rings. The lowest BCUT2D eigenvalue weighted by Gasteiger charge is -2.08. The Kier molecular flexibility index (Phi) is 3.82. The molecule has 8 heteroatoms. The molecule has 0 saturated carbocycles. The Balaban J connectivity index is 2.36. The summed E-state index contributed by atoms with van der Waals surface area (Å²) in [6, 6.07) is 6.64. The molecule has 0 spiro atoms. The van der Waals surface area contributed by atoms with Gasteiger partial charge in [-0.3, -0.25) is 4.79 Å². The highest BCUT2D eigenvalue weighted by Gasteiger charge is 2.19. The molecule has 20 heavy (non-hydrogen) atoms. The second kappa shape index (κ2) is 5.26. The van der Waals surface area contributed by atoms with E-state index in [0.717, 1.165) is 6.07 Å². The summed E-state index contributed by atoms with van der Waals surface area (Å²) >= 11 is 5.76. The van der Waals surface area contributed by atoms with E-state index in [4.69, 9.17) is 11.6 Å². The number of carbonyl (C=O) groups is 1. The molecule has 0 aliphatic carbocycles. The predicted octanol–water partition coefficient (Wildman–Crippen LogP) is 2.59. The maximum atomic E-state index is 13.1. The number of rotatable bonds is 3. The van der Waals surface area contributed by atoms with Gasteiger partial charge in [0, 0.05) is 13.2 Å². The fourth-order valence-corrected chi connectivity index (χ4v) is 2.59. The van der Waals surface area contributed by atoms with Gasteiger partial charge < -0.3 is 9.88 Å². The van der Waals surface area contributed by atoms with Crippen molar-refractivity contribution in [3.05, 3.63) is 47.2 Å². The third-order valence-electron chi connectivity index (χ3n) is 2.60. The van der Waals surface area contributed by atoms with E-state index in [9.17, 15) is 17.1 Å². The van der Waals surface area contributed by atoms with Crippen LogP contribution in [0.3, 0.4) is 0 Å². The van der Waals surface area contributed by atoms with Crippen LogP contribution in [0.1, 0.15) is 10.5 Å². The Bertz CT molecular complexity index is 771. The molecule has 1 amide bonds. The smallest absolute Gasteiger partial charge is 0.334 e. The van der Waals surface area contributed by atoms with Gasteiger partial charge in [0.25, 0.3) is 5.91 Å². The van der Waals surface area contributed by atoms with Crippen molar-refractivity contribution in [2.75, 3.05) is 5.32 Å².